The fourth-order valence-corrected chi connectivity index (χ4v) is 5.53. The molecule has 0 amide bonds. The Morgan fingerprint density at radius 3 is 3.00 bits per heavy atom. The van der Waals surface area contributed by atoms with Gasteiger partial charge in [-0.2, -0.15) is 0 Å². The lowest BCUT2D eigenvalue weighted by Crippen LogP contribution is -2.51. The first kappa shape index (κ1) is 16.1. The molecule has 1 aromatic heterocycles. The van der Waals surface area contributed by atoms with Crippen LogP contribution >= 0.6 is 0 Å². The second-order valence-corrected chi connectivity index (χ2v) is 7.99. The van der Waals surface area contributed by atoms with E-state index in [1.54, 1.807) is 0 Å². The topological polar surface area (TPSA) is 65.3 Å². The molecule has 1 saturated carbocycles. The zero-order chi connectivity index (χ0) is 17.8. The summed E-state index contributed by atoms with van der Waals surface area (Å²) in [5.41, 5.74) is 5.13. The van der Waals surface area contributed by atoms with E-state index in [4.69, 9.17) is 4.74 Å². The van der Waals surface area contributed by atoms with Crippen LogP contribution < -0.4 is 0 Å². The molecule has 2 aromatic rings. The Labute approximate surface area is 152 Å². The molecule has 4 atom stereocenters. The van der Waals surface area contributed by atoms with Crippen molar-refractivity contribution in [3.8, 4) is 0 Å². The molecule has 0 spiro atoms. The Bertz CT molecular complexity index is 913. The average Bonchev–Trinajstić information content (AvgIpc) is 3.05. The van der Waals surface area contributed by atoms with Crippen molar-refractivity contribution in [1.29, 1.82) is 0 Å². The summed E-state index contributed by atoms with van der Waals surface area (Å²) in [5.74, 6) is -0.0379. The molecule has 5 rings (SSSR count). The number of aliphatic hydroxyl groups is 1. The van der Waals surface area contributed by atoms with Gasteiger partial charge in [-0.15, -0.1) is 0 Å². The van der Waals surface area contributed by atoms with Crippen LogP contribution in [0.1, 0.15) is 30.5 Å². The van der Waals surface area contributed by atoms with Crippen LogP contribution in [-0.2, 0) is 16.0 Å². The van der Waals surface area contributed by atoms with Crippen molar-refractivity contribution in [2.24, 2.45) is 17.8 Å². The van der Waals surface area contributed by atoms with Crippen molar-refractivity contribution in [3.05, 3.63) is 35.5 Å². The first-order valence-electron chi connectivity index (χ1n) is 9.64. The van der Waals surface area contributed by atoms with Crippen LogP contribution in [0.5, 0.6) is 0 Å². The summed E-state index contributed by atoms with van der Waals surface area (Å²) in [4.78, 5) is 16.0. The standard InChI is InChI=1S/C21H24N2O3/c1-26-21(25)19-15-10-17-20-14(13-4-2-3-5-16(13)22-20)8-9-23(17)11-12(15)6-7-18(19)24/h2-5,12,15,18-19,24H,6-11H2,1H3/p+1/t12-,15+,18+,19+/m0/s1. The quantitative estimate of drug-likeness (QED) is 0.610. The van der Waals surface area contributed by atoms with Crippen molar-refractivity contribution in [1.82, 2.24) is 4.98 Å². The van der Waals surface area contributed by atoms with Gasteiger partial charge in [-0.25, -0.2) is 4.58 Å². The molecule has 0 saturated heterocycles. The highest BCUT2D eigenvalue weighted by Crippen LogP contribution is 2.42. The normalized spacial score (nSPS) is 30.5. The Hall–Kier alpha value is -2.14. The number of ether oxygens (including phenoxy) is 1. The number of carbonyl (C=O) groups excluding carboxylic acids is 1. The Morgan fingerprint density at radius 1 is 1.31 bits per heavy atom. The summed E-state index contributed by atoms with van der Waals surface area (Å²) >= 11 is 0. The molecule has 136 valence electrons. The first-order valence-corrected chi connectivity index (χ1v) is 9.64. The van der Waals surface area contributed by atoms with Crippen LogP contribution in [0.15, 0.2) is 24.3 Å². The molecular formula is C21H25N2O3+. The number of aromatic nitrogens is 1. The van der Waals surface area contributed by atoms with Crippen molar-refractivity contribution in [2.45, 2.75) is 31.8 Å². The number of H-pyrrole nitrogens is 1. The molecule has 26 heavy (non-hydrogen) atoms. The van der Waals surface area contributed by atoms with Crippen molar-refractivity contribution < 1.29 is 19.2 Å². The van der Waals surface area contributed by atoms with E-state index in [2.05, 4.69) is 33.8 Å². The van der Waals surface area contributed by atoms with E-state index in [1.807, 2.05) is 0 Å². The molecule has 0 radical (unpaired) electrons. The minimum Gasteiger partial charge on any atom is -0.469 e. The number of nitrogens with zero attached hydrogens (tertiary/aromatic N) is 1. The molecule has 3 aliphatic rings. The number of benzene rings is 1. The predicted octanol–water partition coefficient (Wildman–Crippen LogP) is 2.11. The van der Waals surface area contributed by atoms with E-state index >= 15 is 0 Å². The number of fused-ring (bicyclic) bond motifs is 5. The highest BCUT2D eigenvalue weighted by Gasteiger charge is 2.50. The number of rotatable bonds is 1. The number of methoxy groups -OCH3 is 1. The largest absolute Gasteiger partial charge is 0.469 e. The summed E-state index contributed by atoms with van der Waals surface area (Å²) in [6.45, 7) is 2.02. The summed E-state index contributed by atoms with van der Waals surface area (Å²) in [6, 6.07) is 8.48. The molecular weight excluding hydrogens is 328 g/mol. The number of carbonyl (C=O) groups is 1. The van der Waals surface area contributed by atoms with Crippen LogP contribution in [0.25, 0.3) is 10.9 Å². The maximum atomic E-state index is 12.4. The second-order valence-electron chi connectivity index (χ2n) is 7.99. The van der Waals surface area contributed by atoms with Crippen molar-refractivity contribution in [3.63, 3.8) is 0 Å². The van der Waals surface area contributed by atoms with Gasteiger partial charge in [0.1, 0.15) is 18.8 Å². The Kier molecular flexibility index (Phi) is 3.67. The third-order valence-electron chi connectivity index (χ3n) is 6.79. The first-order chi connectivity index (χ1) is 12.7. The molecule has 0 bridgehead atoms. The van der Waals surface area contributed by atoms with Gasteiger partial charge in [-0.1, -0.05) is 18.2 Å². The third kappa shape index (κ3) is 2.26. The zero-order valence-electron chi connectivity index (χ0n) is 15.1. The number of aromatic amines is 1. The summed E-state index contributed by atoms with van der Waals surface area (Å²) in [7, 11) is 1.43. The Balaban J connectivity index is 1.57. The minimum absolute atomic E-state index is 0.162. The van der Waals surface area contributed by atoms with Gasteiger partial charge < -0.3 is 14.8 Å². The lowest BCUT2D eigenvalue weighted by molar-refractivity contribution is -0.545. The highest BCUT2D eigenvalue weighted by atomic mass is 16.5. The van der Waals surface area contributed by atoms with E-state index in [-0.39, 0.29) is 11.9 Å². The van der Waals surface area contributed by atoms with Gasteiger partial charge in [0, 0.05) is 29.7 Å². The Morgan fingerprint density at radius 2 is 2.15 bits per heavy atom. The predicted molar refractivity (Wildman–Crippen MR) is 98.4 cm³/mol. The summed E-state index contributed by atoms with van der Waals surface area (Å²) in [5, 5.41) is 11.8. The molecule has 3 heterocycles. The van der Waals surface area contributed by atoms with E-state index in [0.29, 0.717) is 12.3 Å². The average molecular weight is 353 g/mol. The van der Waals surface area contributed by atoms with E-state index in [9.17, 15) is 9.90 Å². The van der Waals surface area contributed by atoms with Crippen molar-refractivity contribution >= 4 is 22.6 Å². The van der Waals surface area contributed by atoms with Gasteiger partial charge in [0.15, 0.2) is 5.71 Å². The van der Waals surface area contributed by atoms with Gasteiger partial charge in [-0.3, -0.25) is 4.79 Å². The monoisotopic (exact) mass is 353 g/mol. The molecule has 0 unspecified atom stereocenters. The summed E-state index contributed by atoms with van der Waals surface area (Å²) in [6.07, 6.45) is 3.00. The smallest absolute Gasteiger partial charge is 0.311 e. The van der Waals surface area contributed by atoms with Crippen LogP contribution in [-0.4, -0.2) is 52.7 Å². The molecule has 1 aliphatic carbocycles. The van der Waals surface area contributed by atoms with Gasteiger partial charge in [0.25, 0.3) is 0 Å². The van der Waals surface area contributed by atoms with Gasteiger partial charge in [0.05, 0.1) is 19.1 Å². The minimum atomic E-state index is -0.582. The maximum absolute atomic E-state index is 12.4. The number of hydrogen-bond acceptors (Lipinski definition) is 3. The van der Waals surface area contributed by atoms with E-state index in [0.717, 1.165) is 32.4 Å². The van der Waals surface area contributed by atoms with Gasteiger partial charge in [0.2, 0.25) is 0 Å². The highest BCUT2D eigenvalue weighted by molar-refractivity contribution is 6.03. The molecule has 5 heteroatoms. The molecule has 2 N–H and O–H groups in total. The second kappa shape index (κ2) is 5.95. The molecule has 2 aliphatic heterocycles. The van der Waals surface area contributed by atoms with Crippen LogP contribution in [0, 0.1) is 17.8 Å². The van der Waals surface area contributed by atoms with Gasteiger partial charge >= 0.3 is 5.97 Å². The van der Waals surface area contributed by atoms with Crippen LogP contribution in [0.4, 0.5) is 0 Å². The fraction of sp³-hybridized carbons (Fsp3) is 0.524. The van der Waals surface area contributed by atoms with Crippen molar-refractivity contribution in [2.75, 3.05) is 20.2 Å². The number of nitrogens with one attached hydrogen (secondary N) is 1. The van der Waals surface area contributed by atoms with E-state index in [1.165, 1.54) is 35.0 Å². The van der Waals surface area contributed by atoms with E-state index < -0.39 is 12.0 Å². The number of esters is 1. The fourth-order valence-electron chi connectivity index (χ4n) is 5.53. The number of aliphatic hydroxyl groups excluding tert-OH is 1. The molecule has 5 nitrogen and oxygen atoms in total. The molecule has 1 fully saturated rings. The zero-order valence-corrected chi connectivity index (χ0v) is 15.1. The van der Waals surface area contributed by atoms with Crippen LogP contribution in [0.3, 0.4) is 0 Å². The summed E-state index contributed by atoms with van der Waals surface area (Å²) < 4.78 is 7.54. The maximum Gasteiger partial charge on any atom is 0.311 e. The lowest BCUT2D eigenvalue weighted by Gasteiger charge is -2.41. The third-order valence-corrected chi connectivity index (χ3v) is 6.79. The number of para-hydroxylation sites is 1. The molecule has 1 aromatic carbocycles. The van der Waals surface area contributed by atoms with Crippen LogP contribution in [0.2, 0.25) is 0 Å². The van der Waals surface area contributed by atoms with Gasteiger partial charge in [-0.05, 0) is 30.4 Å². The number of hydrogen-bond donors (Lipinski definition) is 2. The SMILES string of the molecule is COC(=O)[C@@H]1[C@@H]2CC3=[N+](CCc4c3[nH]c3ccccc43)C[C@@H]2CC[C@H]1O. The lowest BCUT2D eigenvalue weighted by atomic mass is 9.66.